The highest BCUT2D eigenvalue weighted by Gasteiger charge is 2.23. The molecule has 148 valence electrons. The minimum Gasteiger partial charge on any atom is -0.379 e. The topological polar surface area (TPSA) is 78.0 Å². The fourth-order valence-corrected chi connectivity index (χ4v) is 3.58. The average Bonchev–Trinajstić information content (AvgIpc) is 3.15. The molecule has 0 saturated carbocycles. The van der Waals surface area contributed by atoms with Crippen LogP contribution in [0.15, 0.2) is 22.5 Å². The van der Waals surface area contributed by atoms with Gasteiger partial charge in [0.05, 0.1) is 19.3 Å². The number of ether oxygens (including phenoxy) is 1. The van der Waals surface area contributed by atoms with E-state index in [2.05, 4.69) is 43.4 Å². The molecule has 2 rings (SSSR count). The van der Waals surface area contributed by atoms with Crippen molar-refractivity contribution in [3.8, 4) is 0 Å². The molecule has 0 aromatic carbocycles. The second-order valence-corrected chi connectivity index (χ2v) is 6.69. The molecule has 0 bridgehead atoms. The van der Waals surface area contributed by atoms with Crippen LogP contribution in [0.25, 0.3) is 0 Å². The zero-order valence-electron chi connectivity index (χ0n) is 15.5. The minimum atomic E-state index is -0.0670. The van der Waals surface area contributed by atoms with Crippen molar-refractivity contribution in [2.24, 2.45) is 4.99 Å². The van der Waals surface area contributed by atoms with Gasteiger partial charge in [0.1, 0.15) is 6.54 Å². The van der Waals surface area contributed by atoms with Crippen molar-refractivity contribution in [1.82, 2.24) is 20.9 Å². The largest absolute Gasteiger partial charge is 0.379 e. The van der Waals surface area contributed by atoms with Gasteiger partial charge in [0.15, 0.2) is 5.96 Å². The number of thiophene rings is 1. The Hall–Kier alpha value is -0.910. The summed E-state index contributed by atoms with van der Waals surface area (Å²) in [7, 11) is 0. The number of guanidine groups is 1. The minimum absolute atomic E-state index is 0. The number of hydrogen-bond acceptors (Lipinski definition) is 5. The first kappa shape index (κ1) is 23.1. The molecule has 1 amide bonds. The molecule has 2 heterocycles. The van der Waals surface area contributed by atoms with E-state index in [0.717, 1.165) is 39.4 Å². The molecule has 0 aliphatic carbocycles. The van der Waals surface area contributed by atoms with Crippen molar-refractivity contribution in [3.63, 3.8) is 0 Å². The highest BCUT2D eigenvalue weighted by atomic mass is 127. The molecule has 3 N–H and O–H groups in total. The normalized spacial score (nSPS) is 16.5. The van der Waals surface area contributed by atoms with Gasteiger partial charge in [-0.05, 0) is 25.3 Å². The SMILES string of the molecule is CCNC(=O)CN=C(NCC)NCC(c1cccs1)N1CCOCC1.I. The number of carbonyl (C=O) groups excluding carboxylic acids is 1. The molecular formula is C17H30IN5O2S. The third-order valence-corrected chi connectivity index (χ3v) is 4.89. The van der Waals surface area contributed by atoms with Gasteiger partial charge >= 0.3 is 0 Å². The van der Waals surface area contributed by atoms with Crippen molar-refractivity contribution < 1.29 is 9.53 Å². The van der Waals surface area contributed by atoms with E-state index in [-0.39, 0.29) is 42.5 Å². The summed E-state index contributed by atoms with van der Waals surface area (Å²) >= 11 is 1.77. The molecule has 1 saturated heterocycles. The smallest absolute Gasteiger partial charge is 0.241 e. The lowest BCUT2D eigenvalue weighted by molar-refractivity contribution is -0.119. The van der Waals surface area contributed by atoms with Crippen LogP contribution in [-0.2, 0) is 9.53 Å². The third-order valence-electron chi connectivity index (χ3n) is 3.92. The van der Waals surface area contributed by atoms with E-state index in [4.69, 9.17) is 4.74 Å². The molecule has 0 spiro atoms. The van der Waals surface area contributed by atoms with Crippen LogP contribution in [0.2, 0.25) is 0 Å². The number of nitrogens with zero attached hydrogens (tertiary/aromatic N) is 2. The highest BCUT2D eigenvalue weighted by molar-refractivity contribution is 14.0. The maximum absolute atomic E-state index is 11.6. The Morgan fingerprint density at radius 1 is 1.27 bits per heavy atom. The number of amides is 1. The Balaban J connectivity index is 0.00000338. The third kappa shape index (κ3) is 7.77. The standard InChI is InChI=1S/C17H29N5O2S.HI/c1-3-18-16(23)13-21-17(19-4-2)20-12-14(15-6-5-11-25-15)22-7-9-24-10-8-22;/h5-6,11,14H,3-4,7-10,12-13H2,1-2H3,(H,18,23)(H2,19,20,21);1H. The van der Waals surface area contributed by atoms with Gasteiger partial charge in [-0.2, -0.15) is 0 Å². The molecule has 0 radical (unpaired) electrons. The highest BCUT2D eigenvalue weighted by Crippen LogP contribution is 2.25. The van der Waals surface area contributed by atoms with Crippen LogP contribution in [0.4, 0.5) is 0 Å². The Kier molecular flexibility index (Phi) is 11.8. The summed E-state index contributed by atoms with van der Waals surface area (Å²) in [5, 5.41) is 11.5. The maximum Gasteiger partial charge on any atom is 0.241 e. The first-order valence-electron chi connectivity index (χ1n) is 8.88. The van der Waals surface area contributed by atoms with Crippen LogP contribution in [0.1, 0.15) is 24.8 Å². The van der Waals surface area contributed by atoms with Crippen LogP contribution in [0.3, 0.4) is 0 Å². The number of morpholine rings is 1. The van der Waals surface area contributed by atoms with Gasteiger partial charge in [-0.15, -0.1) is 35.3 Å². The molecule has 1 unspecified atom stereocenters. The molecule has 7 nitrogen and oxygen atoms in total. The Labute approximate surface area is 177 Å². The van der Waals surface area contributed by atoms with E-state index < -0.39 is 0 Å². The number of hydrogen-bond donors (Lipinski definition) is 3. The quantitative estimate of drug-likeness (QED) is 0.289. The van der Waals surface area contributed by atoms with Gasteiger partial charge in [0.25, 0.3) is 0 Å². The maximum atomic E-state index is 11.6. The summed E-state index contributed by atoms with van der Waals surface area (Å²) in [5.74, 6) is 0.603. The fraction of sp³-hybridized carbons (Fsp3) is 0.647. The van der Waals surface area contributed by atoms with Crippen LogP contribution >= 0.6 is 35.3 Å². The molecule has 9 heteroatoms. The van der Waals surface area contributed by atoms with Crippen LogP contribution < -0.4 is 16.0 Å². The number of halogens is 1. The van der Waals surface area contributed by atoms with Crippen molar-refractivity contribution in [2.45, 2.75) is 19.9 Å². The number of rotatable bonds is 8. The first-order chi connectivity index (χ1) is 12.2. The zero-order chi connectivity index (χ0) is 17.9. The summed E-state index contributed by atoms with van der Waals surface area (Å²) in [6, 6.07) is 4.53. The lowest BCUT2D eigenvalue weighted by atomic mass is 10.2. The van der Waals surface area contributed by atoms with Gasteiger partial charge in [-0.25, -0.2) is 4.99 Å². The van der Waals surface area contributed by atoms with Crippen molar-refractivity contribution in [1.29, 1.82) is 0 Å². The van der Waals surface area contributed by atoms with Gasteiger partial charge in [-0.1, -0.05) is 6.07 Å². The Morgan fingerprint density at radius 2 is 2.00 bits per heavy atom. The Bertz CT molecular complexity index is 535. The molecular weight excluding hydrogens is 465 g/mol. The van der Waals surface area contributed by atoms with E-state index >= 15 is 0 Å². The van der Waals surface area contributed by atoms with Gasteiger partial charge in [0, 0.05) is 37.6 Å². The monoisotopic (exact) mass is 495 g/mol. The van der Waals surface area contributed by atoms with Crippen LogP contribution in [0.5, 0.6) is 0 Å². The van der Waals surface area contributed by atoms with E-state index in [0.29, 0.717) is 12.5 Å². The molecule has 1 aliphatic rings. The summed E-state index contributed by atoms with van der Waals surface area (Å²) in [4.78, 5) is 19.8. The number of nitrogens with one attached hydrogen (secondary N) is 3. The molecule has 1 aromatic heterocycles. The average molecular weight is 495 g/mol. The second-order valence-electron chi connectivity index (χ2n) is 5.71. The van der Waals surface area contributed by atoms with E-state index in [9.17, 15) is 4.79 Å². The van der Waals surface area contributed by atoms with Gasteiger partial charge in [-0.3, -0.25) is 9.69 Å². The Morgan fingerprint density at radius 3 is 2.62 bits per heavy atom. The first-order valence-corrected chi connectivity index (χ1v) is 9.76. The molecule has 1 aromatic rings. The fourth-order valence-electron chi connectivity index (χ4n) is 2.72. The number of likely N-dealkylation sites (N-methyl/N-ethyl adjacent to an activating group) is 1. The lowest BCUT2D eigenvalue weighted by Crippen LogP contribution is -2.46. The zero-order valence-corrected chi connectivity index (χ0v) is 18.6. The second kappa shape index (κ2) is 13.3. The van der Waals surface area contributed by atoms with E-state index in [1.807, 2.05) is 13.8 Å². The van der Waals surface area contributed by atoms with E-state index in [1.54, 1.807) is 11.3 Å². The summed E-state index contributed by atoms with van der Waals surface area (Å²) in [6.07, 6.45) is 0. The van der Waals surface area contributed by atoms with Crippen molar-refractivity contribution >= 4 is 47.2 Å². The number of aliphatic imine (C=N–C) groups is 1. The molecule has 1 atom stereocenters. The van der Waals surface area contributed by atoms with Gasteiger partial charge in [0.2, 0.25) is 5.91 Å². The lowest BCUT2D eigenvalue weighted by Gasteiger charge is -2.34. The predicted molar refractivity (Wildman–Crippen MR) is 118 cm³/mol. The molecule has 1 aliphatic heterocycles. The predicted octanol–water partition coefficient (Wildman–Crippen LogP) is 1.43. The molecule has 1 fully saturated rings. The summed E-state index contributed by atoms with van der Waals surface area (Å²) in [5.41, 5.74) is 0. The number of carbonyl (C=O) groups is 1. The van der Waals surface area contributed by atoms with Gasteiger partial charge < -0.3 is 20.7 Å². The van der Waals surface area contributed by atoms with Crippen molar-refractivity contribution in [3.05, 3.63) is 22.4 Å². The summed E-state index contributed by atoms with van der Waals surface area (Å²) in [6.45, 7) is 9.56. The molecule has 26 heavy (non-hydrogen) atoms. The van der Waals surface area contributed by atoms with Crippen LogP contribution in [-0.4, -0.2) is 69.2 Å². The van der Waals surface area contributed by atoms with E-state index in [1.165, 1.54) is 4.88 Å². The van der Waals surface area contributed by atoms with Crippen molar-refractivity contribution in [2.75, 3.05) is 52.5 Å². The summed E-state index contributed by atoms with van der Waals surface area (Å²) < 4.78 is 5.48. The van der Waals surface area contributed by atoms with Crippen LogP contribution in [0, 0.1) is 0 Å².